The Hall–Kier alpha value is -2.20. The van der Waals surface area contributed by atoms with Crippen LogP contribution in [-0.2, 0) is 11.4 Å². The molecule has 2 aromatic rings. The number of carboxylic acid groups (broad SMARTS) is 1. The fourth-order valence-electron chi connectivity index (χ4n) is 1.85. The Kier molecular flexibility index (Phi) is 4.70. The zero-order valence-corrected chi connectivity index (χ0v) is 12.3. The van der Waals surface area contributed by atoms with E-state index in [0.29, 0.717) is 28.6 Å². The van der Waals surface area contributed by atoms with Crippen LogP contribution in [0.5, 0.6) is 5.75 Å². The summed E-state index contributed by atoms with van der Waals surface area (Å²) in [6.07, 6.45) is 0. The van der Waals surface area contributed by atoms with Gasteiger partial charge in [-0.2, -0.15) is 0 Å². The van der Waals surface area contributed by atoms with Crippen molar-refractivity contribution in [3.63, 3.8) is 0 Å². The van der Waals surface area contributed by atoms with Crippen molar-refractivity contribution in [3.05, 3.63) is 58.6 Å². The van der Waals surface area contributed by atoms with Gasteiger partial charge in [-0.1, -0.05) is 29.8 Å². The average molecular weight is 306 g/mol. The van der Waals surface area contributed by atoms with Crippen molar-refractivity contribution in [2.24, 2.45) is 0 Å². The van der Waals surface area contributed by atoms with E-state index in [0.717, 1.165) is 5.56 Å². The first kappa shape index (κ1) is 15.2. The highest BCUT2D eigenvalue weighted by molar-refractivity contribution is 6.30. The maximum absolute atomic E-state index is 11.0. The molecule has 4 nitrogen and oxygen atoms in total. The Morgan fingerprint density at radius 1 is 1.29 bits per heavy atom. The van der Waals surface area contributed by atoms with Crippen molar-refractivity contribution in [2.75, 3.05) is 5.73 Å². The van der Waals surface area contributed by atoms with E-state index in [9.17, 15) is 4.79 Å². The Morgan fingerprint density at radius 2 is 1.95 bits per heavy atom. The van der Waals surface area contributed by atoms with Gasteiger partial charge < -0.3 is 15.6 Å². The lowest BCUT2D eigenvalue weighted by atomic mass is 10.0. The van der Waals surface area contributed by atoms with E-state index >= 15 is 0 Å². The van der Waals surface area contributed by atoms with Gasteiger partial charge >= 0.3 is 5.97 Å². The van der Waals surface area contributed by atoms with Gasteiger partial charge in [0, 0.05) is 5.02 Å². The molecule has 0 aliphatic rings. The van der Waals surface area contributed by atoms with Crippen molar-refractivity contribution >= 4 is 23.3 Å². The lowest BCUT2D eigenvalue weighted by Gasteiger charge is -2.12. The average Bonchev–Trinajstić information content (AvgIpc) is 2.46. The van der Waals surface area contributed by atoms with Gasteiger partial charge in [-0.3, -0.25) is 4.79 Å². The maximum Gasteiger partial charge on any atom is 0.310 e. The fraction of sp³-hybridized carbons (Fsp3) is 0.188. The summed E-state index contributed by atoms with van der Waals surface area (Å²) in [5.41, 5.74) is 7.96. The van der Waals surface area contributed by atoms with E-state index in [-0.39, 0.29) is 0 Å². The van der Waals surface area contributed by atoms with Crippen molar-refractivity contribution < 1.29 is 14.6 Å². The molecule has 2 aromatic carbocycles. The van der Waals surface area contributed by atoms with E-state index in [1.807, 2.05) is 12.1 Å². The van der Waals surface area contributed by atoms with Crippen LogP contribution in [0.25, 0.3) is 0 Å². The number of nitrogen functional groups attached to an aromatic ring is 1. The summed E-state index contributed by atoms with van der Waals surface area (Å²) in [5.74, 6) is -0.951. The van der Waals surface area contributed by atoms with Crippen LogP contribution in [0.1, 0.15) is 24.0 Å². The quantitative estimate of drug-likeness (QED) is 0.826. The van der Waals surface area contributed by atoms with E-state index in [1.54, 1.807) is 37.3 Å². The second kappa shape index (κ2) is 6.50. The number of benzene rings is 2. The molecule has 0 bridgehead atoms. The second-order valence-corrected chi connectivity index (χ2v) is 5.21. The normalized spacial score (nSPS) is 11.9. The number of nitrogens with two attached hydrogens (primary N) is 1. The van der Waals surface area contributed by atoms with Gasteiger partial charge in [0.1, 0.15) is 12.4 Å². The number of hydrogen-bond donors (Lipinski definition) is 2. The lowest BCUT2D eigenvalue weighted by molar-refractivity contribution is -0.138. The number of rotatable bonds is 5. The fourth-order valence-corrected chi connectivity index (χ4v) is 1.98. The molecule has 0 aliphatic heterocycles. The molecule has 1 unspecified atom stereocenters. The zero-order chi connectivity index (χ0) is 15.4. The molecular weight excluding hydrogens is 290 g/mol. The molecule has 0 radical (unpaired) electrons. The topological polar surface area (TPSA) is 72.5 Å². The molecule has 0 saturated heterocycles. The molecule has 0 saturated carbocycles. The molecule has 0 amide bonds. The SMILES string of the molecule is CC(C(=O)O)c1ccc(OCc2ccc(Cl)cc2)c(N)c1. The Morgan fingerprint density at radius 3 is 2.52 bits per heavy atom. The smallest absolute Gasteiger partial charge is 0.310 e. The van der Waals surface area contributed by atoms with Crippen LogP contribution in [0.2, 0.25) is 5.02 Å². The zero-order valence-electron chi connectivity index (χ0n) is 11.5. The second-order valence-electron chi connectivity index (χ2n) is 4.77. The molecule has 0 aliphatic carbocycles. The summed E-state index contributed by atoms with van der Waals surface area (Å²) in [6.45, 7) is 1.99. The van der Waals surface area contributed by atoms with Gasteiger partial charge in [-0.15, -0.1) is 0 Å². The number of carboxylic acids is 1. The van der Waals surface area contributed by atoms with E-state index in [1.165, 1.54) is 0 Å². The van der Waals surface area contributed by atoms with Crippen molar-refractivity contribution in [3.8, 4) is 5.75 Å². The largest absolute Gasteiger partial charge is 0.487 e. The van der Waals surface area contributed by atoms with Crippen LogP contribution < -0.4 is 10.5 Å². The van der Waals surface area contributed by atoms with Gasteiger partial charge in [-0.25, -0.2) is 0 Å². The third-order valence-corrected chi connectivity index (χ3v) is 3.46. The first-order valence-electron chi connectivity index (χ1n) is 6.47. The number of halogens is 1. The van der Waals surface area contributed by atoms with E-state index in [2.05, 4.69) is 0 Å². The monoisotopic (exact) mass is 305 g/mol. The summed E-state index contributed by atoms with van der Waals surface area (Å²) in [4.78, 5) is 11.0. The van der Waals surface area contributed by atoms with Crippen molar-refractivity contribution in [1.82, 2.24) is 0 Å². The molecule has 2 rings (SSSR count). The maximum atomic E-state index is 11.0. The Balaban J connectivity index is 2.07. The Labute approximate surface area is 128 Å². The number of carbonyl (C=O) groups is 1. The summed E-state index contributed by atoms with van der Waals surface area (Å²) in [6, 6.07) is 12.4. The van der Waals surface area contributed by atoms with E-state index in [4.69, 9.17) is 27.2 Å². The molecule has 1 atom stereocenters. The molecule has 0 fully saturated rings. The minimum Gasteiger partial charge on any atom is -0.487 e. The summed E-state index contributed by atoms with van der Waals surface area (Å²) >= 11 is 5.82. The standard InChI is InChI=1S/C16H16ClNO3/c1-10(16(19)20)12-4-7-15(14(18)8-12)21-9-11-2-5-13(17)6-3-11/h2-8,10H,9,18H2,1H3,(H,19,20). The number of anilines is 1. The van der Waals surface area contributed by atoms with Crippen LogP contribution in [0.15, 0.2) is 42.5 Å². The molecule has 110 valence electrons. The minimum absolute atomic E-state index is 0.370. The van der Waals surface area contributed by atoms with Crippen LogP contribution in [-0.4, -0.2) is 11.1 Å². The summed E-state index contributed by atoms with van der Waals surface area (Å²) < 4.78 is 5.64. The minimum atomic E-state index is -0.885. The predicted octanol–water partition coefficient (Wildman–Crippen LogP) is 3.69. The molecule has 5 heteroatoms. The predicted molar refractivity (Wildman–Crippen MR) is 82.7 cm³/mol. The van der Waals surface area contributed by atoms with Crippen molar-refractivity contribution in [2.45, 2.75) is 19.4 Å². The molecule has 0 spiro atoms. The van der Waals surface area contributed by atoms with Gasteiger partial charge in [0.05, 0.1) is 11.6 Å². The molecule has 3 N–H and O–H groups in total. The van der Waals surface area contributed by atoms with Gasteiger partial charge in [0.25, 0.3) is 0 Å². The van der Waals surface area contributed by atoms with Crippen LogP contribution >= 0.6 is 11.6 Å². The number of hydrogen-bond acceptors (Lipinski definition) is 3. The summed E-state index contributed by atoms with van der Waals surface area (Å²) in [5, 5.41) is 9.66. The van der Waals surface area contributed by atoms with Gasteiger partial charge in [-0.05, 0) is 42.3 Å². The molecule has 0 aromatic heterocycles. The summed E-state index contributed by atoms with van der Waals surface area (Å²) in [7, 11) is 0. The highest BCUT2D eigenvalue weighted by Crippen LogP contribution is 2.27. The highest BCUT2D eigenvalue weighted by atomic mass is 35.5. The number of ether oxygens (including phenoxy) is 1. The highest BCUT2D eigenvalue weighted by Gasteiger charge is 2.15. The number of aliphatic carboxylic acids is 1. The third-order valence-electron chi connectivity index (χ3n) is 3.21. The molecule has 0 heterocycles. The van der Waals surface area contributed by atoms with Gasteiger partial charge in [0.15, 0.2) is 0 Å². The Bertz CT molecular complexity index is 640. The van der Waals surface area contributed by atoms with Crippen molar-refractivity contribution in [1.29, 1.82) is 0 Å². The third kappa shape index (κ3) is 3.89. The van der Waals surface area contributed by atoms with E-state index < -0.39 is 11.9 Å². The first-order chi connectivity index (χ1) is 9.97. The van der Waals surface area contributed by atoms with Gasteiger partial charge in [0.2, 0.25) is 0 Å². The van der Waals surface area contributed by atoms with Crippen LogP contribution in [0.4, 0.5) is 5.69 Å². The van der Waals surface area contributed by atoms with Crippen LogP contribution in [0.3, 0.4) is 0 Å². The lowest BCUT2D eigenvalue weighted by Crippen LogP contribution is -2.08. The first-order valence-corrected chi connectivity index (χ1v) is 6.84. The van der Waals surface area contributed by atoms with Crippen LogP contribution in [0, 0.1) is 0 Å². The molecular formula is C16H16ClNO3. The molecule has 21 heavy (non-hydrogen) atoms.